The summed E-state index contributed by atoms with van der Waals surface area (Å²) in [6, 6.07) is 5.47. The van der Waals surface area contributed by atoms with Crippen molar-refractivity contribution in [3.8, 4) is 0 Å². The number of hydrogen-bond donors (Lipinski definition) is 0. The van der Waals surface area contributed by atoms with Crippen molar-refractivity contribution >= 4 is 11.1 Å². The van der Waals surface area contributed by atoms with Gasteiger partial charge in [-0.25, -0.2) is 0 Å². The SMILES string of the molecule is Cc1cc(C(C)(C)C)ccc1S(=O)[O-]. The summed E-state index contributed by atoms with van der Waals surface area (Å²) in [5, 5.41) is 0. The highest BCUT2D eigenvalue weighted by atomic mass is 32.2. The van der Waals surface area contributed by atoms with Crippen molar-refractivity contribution in [3.63, 3.8) is 0 Å². The van der Waals surface area contributed by atoms with E-state index in [-0.39, 0.29) is 5.41 Å². The van der Waals surface area contributed by atoms with Crippen molar-refractivity contribution < 1.29 is 8.76 Å². The summed E-state index contributed by atoms with van der Waals surface area (Å²) in [4.78, 5) is 0.387. The molecule has 1 aromatic rings. The molecule has 0 aliphatic carbocycles. The van der Waals surface area contributed by atoms with Crippen LogP contribution in [0.4, 0.5) is 0 Å². The van der Waals surface area contributed by atoms with Gasteiger partial charge in [0, 0.05) is 4.90 Å². The molecule has 0 fully saturated rings. The van der Waals surface area contributed by atoms with E-state index in [4.69, 9.17) is 0 Å². The van der Waals surface area contributed by atoms with Crippen molar-refractivity contribution in [2.24, 2.45) is 0 Å². The van der Waals surface area contributed by atoms with Gasteiger partial charge in [0.2, 0.25) is 0 Å². The second-order valence-electron chi connectivity index (χ2n) is 4.46. The summed E-state index contributed by atoms with van der Waals surface area (Å²) < 4.78 is 21.6. The molecule has 0 aliphatic heterocycles. The van der Waals surface area contributed by atoms with Crippen LogP contribution in [0, 0.1) is 6.92 Å². The Hall–Kier alpha value is -0.670. The monoisotopic (exact) mass is 211 g/mol. The molecule has 0 saturated carbocycles. The molecule has 2 nitrogen and oxygen atoms in total. The summed E-state index contributed by atoms with van der Waals surface area (Å²) in [6.45, 7) is 8.14. The number of hydrogen-bond acceptors (Lipinski definition) is 2. The Labute approximate surface area is 87.6 Å². The third kappa shape index (κ3) is 2.42. The van der Waals surface area contributed by atoms with Crippen LogP contribution >= 0.6 is 0 Å². The lowest BCUT2D eigenvalue weighted by Gasteiger charge is -2.21. The van der Waals surface area contributed by atoms with Gasteiger partial charge in [0.1, 0.15) is 0 Å². The average molecular weight is 211 g/mol. The summed E-state index contributed by atoms with van der Waals surface area (Å²) >= 11 is -2.13. The molecule has 0 heterocycles. The lowest BCUT2D eigenvalue weighted by Crippen LogP contribution is -2.11. The molecule has 0 aromatic heterocycles. The molecule has 0 saturated heterocycles. The van der Waals surface area contributed by atoms with Crippen molar-refractivity contribution in [3.05, 3.63) is 29.3 Å². The van der Waals surface area contributed by atoms with Crippen LogP contribution in [0.2, 0.25) is 0 Å². The Morgan fingerprint density at radius 3 is 2.21 bits per heavy atom. The van der Waals surface area contributed by atoms with E-state index in [2.05, 4.69) is 20.8 Å². The Bertz CT molecular complexity index is 364. The minimum Gasteiger partial charge on any atom is -0.768 e. The average Bonchev–Trinajstić information content (AvgIpc) is 2.01. The van der Waals surface area contributed by atoms with Gasteiger partial charge in [0.05, 0.1) is 0 Å². The molecular formula is C11H15O2S-. The predicted molar refractivity (Wildman–Crippen MR) is 57.1 cm³/mol. The number of aryl methyl sites for hydroxylation is 1. The fourth-order valence-electron chi connectivity index (χ4n) is 1.30. The number of rotatable bonds is 1. The van der Waals surface area contributed by atoms with Gasteiger partial charge in [-0.3, -0.25) is 4.21 Å². The molecule has 0 radical (unpaired) electrons. The highest BCUT2D eigenvalue weighted by Gasteiger charge is 2.14. The van der Waals surface area contributed by atoms with Crippen LogP contribution in [0.25, 0.3) is 0 Å². The maximum atomic E-state index is 10.8. The topological polar surface area (TPSA) is 40.1 Å². The smallest absolute Gasteiger partial charge is 0.0278 e. The highest BCUT2D eigenvalue weighted by Crippen LogP contribution is 2.25. The standard InChI is InChI=1S/C11H16O2S/c1-8-7-9(11(2,3)4)5-6-10(8)14(12)13/h5-7H,1-4H3,(H,12,13)/p-1. The van der Waals surface area contributed by atoms with E-state index in [1.807, 2.05) is 19.1 Å². The molecule has 1 rings (SSSR count). The first kappa shape index (κ1) is 11.4. The van der Waals surface area contributed by atoms with Gasteiger partial charge < -0.3 is 4.55 Å². The molecule has 0 spiro atoms. The molecule has 1 unspecified atom stereocenters. The van der Waals surface area contributed by atoms with Gasteiger partial charge in [-0.05, 0) is 40.6 Å². The quantitative estimate of drug-likeness (QED) is 0.670. The molecule has 1 aromatic carbocycles. The molecule has 3 heteroatoms. The summed E-state index contributed by atoms with van der Waals surface area (Å²) in [6.07, 6.45) is 0. The van der Waals surface area contributed by atoms with E-state index in [1.165, 1.54) is 0 Å². The fraction of sp³-hybridized carbons (Fsp3) is 0.455. The third-order valence-electron chi connectivity index (χ3n) is 2.22. The lowest BCUT2D eigenvalue weighted by atomic mass is 9.86. The maximum Gasteiger partial charge on any atom is 0.0278 e. The highest BCUT2D eigenvalue weighted by molar-refractivity contribution is 7.79. The van der Waals surface area contributed by atoms with Crippen LogP contribution in [0.3, 0.4) is 0 Å². The zero-order valence-electron chi connectivity index (χ0n) is 8.96. The number of benzene rings is 1. The first-order valence-electron chi connectivity index (χ1n) is 4.53. The molecule has 0 bridgehead atoms. The van der Waals surface area contributed by atoms with Crippen LogP contribution in [0.15, 0.2) is 23.1 Å². The largest absolute Gasteiger partial charge is 0.768 e. The Morgan fingerprint density at radius 1 is 1.29 bits per heavy atom. The predicted octanol–water partition coefficient (Wildman–Crippen LogP) is 2.53. The molecule has 0 N–H and O–H groups in total. The molecule has 78 valence electrons. The lowest BCUT2D eigenvalue weighted by molar-refractivity contribution is 0.536. The molecule has 0 amide bonds. The van der Waals surface area contributed by atoms with Crippen LogP contribution in [0.5, 0.6) is 0 Å². The van der Waals surface area contributed by atoms with E-state index < -0.39 is 11.1 Å². The van der Waals surface area contributed by atoms with Crippen LogP contribution < -0.4 is 0 Å². The van der Waals surface area contributed by atoms with Crippen LogP contribution in [0.1, 0.15) is 31.9 Å². The molecule has 1 atom stereocenters. The summed E-state index contributed by atoms with van der Waals surface area (Å²) in [5.41, 5.74) is 2.03. The Balaban J connectivity index is 3.20. The van der Waals surface area contributed by atoms with Crippen LogP contribution in [-0.4, -0.2) is 8.76 Å². The molecule has 0 aliphatic rings. The zero-order valence-corrected chi connectivity index (χ0v) is 9.77. The van der Waals surface area contributed by atoms with Crippen molar-refractivity contribution in [1.29, 1.82) is 0 Å². The Kier molecular flexibility index (Phi) is 3.12. The third-order valence-corrected chi connectivity index (χ3v) is 3.04. The first-order valence-corrected chi connectivity index (χ1v) is 5.60. The second-order valence-corrected chi connectivity index (χ2v) is 5.37. The second kappa shape index (κ2) is 3.83. The maximum absolute atomic E-state index is 10.8. The normalized spacial score (nSPS) is 14.1. The Morgan fingerprint density at radius 2 is 1.86 bits per heavy atom. The summed E-state index contributed by atoms with van der Waals surface area (Å²) in [5.74, 6) is 0. The van der Waals surface area contributed by atoms with E-state index in [9.17, 15) is 8.76 Å². The van der Waals surface area contributed by atoms with Gasteiger partial charge in [0.15, 0.2) is 0 Å². The van der Waals surface area contributed by atoms with Gasteiger partial charge in [-0.1, -0.05) is 32.9 Å². The van der Waals surface area contributed by atoms with Gasteiger partial charge >= 0.3 is 0 Å². The van der Waals surface area contributed by atoms with E-state index in [0.717, 1.165) is 11.1 Å². The summed E-state index contributed by atoms with van der Waals surface area (Å²) in [7, 11) is 0. The minimum absolute atomic E-state index is 0.0632. The van der Waals surface area contributed by atoms with Gasteiger partial charge in [-0.2, -0.15) is 0 Å². The minimum atomic E-state index is -2.13. The van der Waals surface area contributed by atoms with E-state index in [1.54, 1.807) is 6.07 Å². The first-order chi connectivity index (χ1) is 6.32. The molecule has 14 heavy (non-hydrogen) atoms. The van der Waals surface area contributed by atoms with E-state index in [0.29, 0.717) is 4.90 Å². The van der Waals surface area contributed by atoms with Gasteiger partial charge in [0.25, 0.3) is 0 Å². The van der Waals surface area contributed by atoms with Crippen molar-refractivity contribution in [1.82, 2.24) is 0 Å². The van der Waals surface area contributed by atoms with Crippen LogP contribution in [-0.2, 0) is 16.5 Å². The molecular weight excluding hydrogens is 196 g/mol. The zero-order chi connectivity index (χ0) is 10.9. The van der Waals surface area contributed by atoms with Crippen molar-refractivity contribution in [2.45, 2.75) is 38.0 Å². The van der Waals surface area contributed by atoms with Gasteiger partial charge in [-0.15, -0.1) is 0 Å². The van der Waals surface area contributed by atoms with Crippen molar-refractivity contribution in [2.75, 3.05) is 0 Å². The van der Waals surface area contributed by atoms with E-state index >= 15 is 0 Å². The fourth-order valence-corrected chi connectivity index (χ4v) is 1.80.